The van der Waals surface area contributed by atoms with Crippen molar-refractivity contribution in [2.45, 2.75) is 26.4 Å². The molecule has 0 aromatic carbocycles. The summed E-state index contributed by atoms with van der Waals surface area (Å²) in [5, 5.41) is 9.63. The van der Waals surface area contributed by atoms with Crippen LogP contribution in [0.5, 0.6) is 0 Å². The van der Waals surface area contributed by atoms with Crippen molar-refractivity contribution < 1.29 is 9.32 Å². The zero-order chi connectivity index (χ0) is 14.3. The monoisotopic (exact) mass is 395 g/mol. The van der Waals surface area contributed by atoms with Crippen LogP contribution in [-0.4, -0.2) is 48.6 Å². The van der Waals surface area contributed by atoms with Gasteiger partial charge in [-0.1, -0.05) is 5.16 Å². The molecule has 0 aliphatic carbocycles. The lowest BCUT2D eigenvalue weighted by molar-refractivity contribution is -0.120. The number of nitrogens with zero attached hydrogens (tertiary/aromatic N) is 3. The Hall–Kier alpha value is -1.32. The number of hydrogen-bond donors (Lipinski definition) is 2. The van der Waals surface area contributed by atoms with Crippen molar-refractivity contribution in [1.29, 1.82) is 0 Å². The molecule has 20 heavy (non-hydrogen) atoms. The number of carbonyl (C=O) groups excluding carboxylic acids is 1. The molecule has 1 amide bonds. The molecule has 7 nitrogen and oxygen atoms in total. The van der Waals surface area contributed by atoms with Gasteiger partial charge in [0.05, 0.1) is 13.1 Å². The average molecular weight is 395 g/mol. The number of aromatic nitrogens is 1. The molecule has 0 aliphatic rings. The van der Waals surface area contributed by atoms with Crippen LogP contribution in [-0.2, 0) is 11.3 Å². The predicted molar refractivity (Wildman–Crippen MR) is 88.0 cm³/mol. The summed E-state index contributed by atoms with van der Waals surface area (Å²) in [5.41, 5.74) is 0.803. The first-order valence-electron chi connectivity index (χ1n) is 6.13. The van der Waals surface area contributed by atoms with Crippen molar-refractivity contribution in [1.82, 2.24) is 20.7 Å². The van der Waals surface area contributed by atoms with E-state index in [0.29, 0.717) is 12.5 Å². The predicted octanol–water partition coefficient (Wildman–Crippen LogP) is 0.824. The van der Waals surface area contributed by atoms with Gasteiger partial charge in [0.1, 0.15) is 12.0 Å². The van der Waals surface area contributed by atoms with Crippen LogP contribution in [0.2, 0.25) is 0 Å². The van der Waals surface area contributed by atoms with E-state index in [-0.39, 0.29) is 42.5 Å². The summed E-state index contributed by atoms with van der Waals surface area (Å²) in [6.45, 7) is 4.59. The van der Waals surface area contributed by atoms with E-state index < -0.39 is 0 Å². The number of hydrogen-bond acceptors (Lipinski definition) is 4. The second kappa shape index (κ2) is 9.56. The molecular weight excluding hydrogens is 373 g/mol. The van der Waals surface area contributed by atoms with E-state index in [1.165, 1.54) is 6.26 Å². The largest absolute Gasteiger partial charge is 0.364 e. The highest BCUT2D eigenvalue weighted by atomic mass is 127. The van der Waals surface area contributed by atoms with E-state index in [4.69, 9.17) is 4.52 Å². The van der Waals surface area contributed by atoms with E-state index >= 15 is 0 Å². The summed E-state index contributed by atoms with van der Waals surface area (Å²) >= 11 is 0. The molecule has 0 unspecified atom stereocenters. The number of guanidine groups is 1. The van der Waals surface area contributed by atoms with E-state index in [0.717, 1.165) is 5.69 Å². The first-order valence-corrected chi connectivity index (χ1v) is 6.13. The standard InChI is InChI=1S/C12H21N5O2.HI/c1-9(2)15-11(18)7-14-12(13-3)17(4)8-10-5-6-19-16-10;/h5-6,9H,7-8H2,1-4H3,(H,13,14)(H,15,18);1H. The lowest BCUT2D eigenvalue weighted by Gasteiger charge is -2.21. The molecule has 1 heterocycles. The van der Waals surface area contributed by atoms with Crippen molar-refractivity contribution in [3.05, 3.63) is 18.0 Å². The maximum atomic E-state index is 11.5. The molecule has 0 fully saturated rings. The number of nitrogens with one attached hydrogen (secondary N) is 2. The minimum absolute atomic E-state index is 0. The fourth-order valence-electron chi connectivity index (χ4n) is 1.55. The Morgan fingerprint density at radius 3 is 2.75 bits per heavy atom. The molecule has 0 spiro atoms. The fraction of sp³-hybridized carbons (Fsp3) is 0.583. The molecule has 0 aliphatic heterocycles. The highest BCUT2D eigenvalue weighted by molar-refractivity contribution is 14.0. The van der Waals surface area contributed by atoms with Gasteiger partial charge in [-0.05, 0) is 13.8 Å². The Morgan fingerprint density at radius 2 is 2.25 bits per heavy atom. The first-order chi connectivity index (χ1) is 9.02. The second-order valence-electron chi connectivity index (χ2n) is 4.47. The van der Waals surface area contributed by atoms with E-state index in [1.54, 1.807) is 13.1 Å². The SMILES string of the molecule is CN=C(NCC(=O)NC(C)C)N(C)Cc1ccon1.I. The number of halogens is 1. The molecule has 114 valence electrons. The molecule has 1 aromatic rings. The maximum absolute atomic E-state index is 11.5. The smallest absolute Gasteiger partial charge is 0.239 e. The summed E-state index contributed by atoms with van der Waals surface area (Å²) < 4.78 is 4.77. The number of amides is 1. The summed E-state index contributed by atoms with van der Waals surface area (Å²) in [7, 11) is 3.53. The molecule has 8 heteroatoms. The molecule has 0 saturated heterocycles. The lowest BCUT2D eigenvalue weighted by Crippen LogP contribution is -2.45. The molecule has 1 rings (SSSR count). The highest BCUT2D eigenvalue weighted by Crippen LogP contribution is 1.99. The Bertz CT molecular complexity index is 419. The van der Waals surface area contributed by atoms with Crippen LogP contribution >= 0.6 is 24.0 Å². The van der Waals surface area contributed by atoms with Gasteiger partial charge < -0.3 is 20.1 Å². The van der Waals surface area contributed by atoms with Crippen LogP contribution in [0.3, 0.4) is 0 Å². The average Bonchev–Trinajstić information content (AvgIpc) is 2.81. The topological polar surface area (TPSA) is 82.8 Å². The van der Waals surface area contributed by atoms with Crippen molar-refractivity contribution in [3.63, 3.8) is 0 Å². The maximum Gasteiger partial charge on any atom is 0.239 e. The number of rotatable bonds is 5. The molecule has 0 bridgehead atoms. The Labute approximate surface area is 136 Å². The summed E-state index contributed by atoms with van der Waals surface area (Å²) in [6, 6.07) is 1.92. The van der Waals surface area contributed by atoms with Gasteiger partial charge in [0, 0.05) is 26.2 Å². The molecule has 0 atom stereocenters. The van der Waals surface area contributed by atoms with Crippen molar-refractivity contribution >= 4 is 35.8 Å². The lowest BCUT2D eigenvalue weighted by atomic mass is 10.4. The minimum atomic E-state index is -0.0639. The highest BCUT2D eigenvalue weighted by Gasteiger charge is 2.10. The van der Waals surface area contributed by atoms with Gasteiger partial charge in [0.2, 0.25) is 5.91 Å². The third kappa shape index (κ3) is 6.73. The van der Waals surface area contributed by atoms with Gasteiger partial charge in [-0.2, -0.15) is 0 Å². The van der Waals surface area contributed by atoms with E-state index in [9.17, 15) is 4.79 Å². The van der Waals surface area contributed by atoms with Crippen LogP contribution in [0.25, 0.3) is 0 Å². The van der Waals surface area contributed by atoms with Crippen LogP contribution in [0.1, 0.15) is 19.5 Å². The van der Waals surface area contributed by atoms with Crippen LogP contribution in [0, 0.1) is 0 Å². The normalized spacial score (nSPS) is 10.9. The van der Waals surface area contributed by atoms with Crippen LogP contribution in [0.4, 0.5) is 0 Å². The van der Waals surface area contributed by atoms with Gasteiger partial charge in [-0.15, -0.1) is 24.0 Å². The fourth-order valence-corrected chi connectivity index (χ4v) is 1.55. The van der Waals surface area contributed by atoms with Gasteiger partial charge in [0.25, 0.3) is 0 Å². The Balaban J connectivity index is 0.00000361. The van der Waals surface area contributed by atoms with Crippen LogP contribution in [0.15, 0.2) is 21.8 Å². The summed E-state index contributed by atoms with van der Waals surface area (Å²) in [6.07, 6.45) is 1.52. The Kier molecular flexibility index (Phi) is 8.93. The van der Waals surface area contributed by atoms with Crippen LogP contribution < -0.4 is 10.6 Å². The molecule has 0 saturated carbocycles. The zero-order valence-electron chi connectivity index (χ0n) is 12.2. The van der Waals surface area contributed by atoms with E-state index in [2.05, 4.69) is 20.8 Å². The molecule has 2 N–H and O–H groups in total. The number of carbonyl (C=O) groups is 1. The van der Waals surface area contributed by atoms with E-state index in [1.807, 2.05) is 25.8 Å². The quantitative estimate of drug-likeness (QED) is 0.439. The van der Waals surface area contributed by atoms with Crippen molar-refractivity contribution in [3.8, 4) is 0 Å². The molecule has 1 aromatic heterocycles. The minimum Gasteiger partial charge on any atom is -0.364 e. The molecule has 0 radical (unpaired) electrons. The number of aliphatic imine (C=N–C) groups is 1. The van der Waals surface area contributed by atoms with Gasteiger partial charge in [0.15, 0.2) is 5.96 Å². The first kappa shape index (κ1) is 18.7. The van der Waals surface area contributed by atoms with Crippen molar-refractivity contribution in [2.75, 3.05) is 20.6 Å². The van der Waals surface area contributed by atoms with Gasteiger partial charge in [-0.3, -0.25) is 9.79 Å². The zero-order valence-corrected chi connectivity index (χ0v) is 14.5. The molecular formula is C12H22IN5O2. The van der Waals surface area contributed by atoms with Gasteiger partial charge in [-0.25, -0.2) is 0 Å². The summed E-state index contributed by atoms with van der Waals surface area (Å²) in [5.74, 6) is 0.563. The third-order valence-electron chi connectivity index (χ3n) is 2.32. The third-order valence-corrected chi connectivity index (χ3v) is 2.32. The van der Waals surface area contributed by atoms with Gasteiger partial charge >= 0.3 is 0 Å². The van der Waals surface area contributed by atoms with Crippen molar-refractivity contribution in [2.24, 2.45) is 4.99 Å². The summed E-state index contributed by atoms with van der Waals surface area (Å²) in [4.78, 5) is 17.5. The second-order valence-corrected chi connectivity index (χ2v) is 4.47. The Morgan fingerprint density at radius 1 is 1.55 bits per heavy atom.